The Labute approximate surface area is 220 Å². The van der Waals surface area contributed by atoms with Crippen LogP contribution in [-0.4, -0.2) is 30.6 Å². The second kappa shape index (κ2) is 12.0. The van der Waals surface area contributed by atoms with Gasteiger partial charge in [0, 0.05) is 19.6 Å². The predicted molar refractivity (Wildman–Crippen MR) is 137 cm³/mol. The number of carbonyl (C=O) groups excluding carboxylic acids is 1. The minimum absolute atomic E-state index is 0.173. The Hall–Kier alpha value is -3.03. The number of rotatable bonds is 10. The van der Waals surface area contributed by atoms with Crippen LogP contribution in [0.4, 0.5) is 13.2 Å². The number of alkyl halides is 3. The highest BCUT2D eigenvalue weighted by molar-refractivity contribution is 6.32. The monoisotopic (exact) mass is 531 g/mol. The van der Waals surface area contributed by atoms with Gasteiger partial charge >= 0.3 is 12.1 Å². The second-order valence-corrected chi connectivity index (χ2v) is 9.67. The fraction of sp³-hybridized carbons (Fsp3) is 0.345. The van der Waals surface area contributed by atoms with Crippen molar-refractivity contribution in [2.24, 2.45) is 0 Å². The Balaban J connectivity index is 1.42. The molecule has 4 rings (SSSR count). The maximum absolute atomic E-state index is 13.4. The summed E-state index contributed by atoms with van der Waals surface area (Å²) in [4.78, 5) is 13.7. The summed E-state index contributed by atoms with van der Waals surface area (Å²) in [5, 5.41) is -0.254. The highest BCUT2D eigenvalue weighted by Gasteiger charge is 2.34. The number of nitrogens with zero attached hydrogens (tertiary/aromatic N) is 1. The molecule has 1 aliphatic rings. The Morgan fingerprint density at radius 3 is 2.59 bits per heavy atom. The van der Waals surface area contributed by atoms with E-state index in [0.29, 0.717) is 44.0 Å². The number of ether oxygens (including phenoxy) is 2. The molecule has 4 nitrogen and oxygen atoms in total. The molecule has 37 heavy (non-hydrogen) atoms. The topological polar surface area (TPSA) is 38.8 Å². The maximum atomic E-state index is 13.4. The van der Waals surface area contributed by atoms with Crippen LogP contribution < -0.4 is 4.74 Å². The molecule has 1 unspecified atom stereocenters. The molecule has 0 saturated heterocycles. The highest BCUT2D eigenvalue weighted by Crippen LogP contribution is 2.36. The first-order valence-corrected chi connectivity index (χ1v) is 12.6. The Bertz CT molecular complexity index is 1220. The average Bonchev–Trinajstić information content (AvgIpc) is 2.87. The predicted octanol–water partition coefficient (Wildman–Crippen LogP) is 7.03. The molecule has 3 aromatic rings. The van der Waals surface area contributed by atoms with Crippen LogP contribution in [0.15, 0.2) is 66.7 Å². The van der Waals surface area contributed by atoms with E-state index >= 15 is 0 Å². The quantitative estimate of drug-likeness (QED) is 0.208. The van der Waals surface area contributed by atoms with Crippen molar-refractivity contribution in [3.8, 4) is 5.75 Å². The third kappa shape index (κ3) is 7.27. The smallest absolute Gasteiger partial charge is 0.417 e. The average molecular weight is 532 g/mol. The normalized spacial score (nSPS) is 14.3. The first kappa shape index (κ1) is 27.0. The van der Waals surface area contributed by atoms with Crippen molar-refractivity contribution in [1.29, 1.82) is 0 Å². The van der Waals surface area contributed by atoms with E-state index in [1.54, 1.807) is 6.07 Å². The van der Waals surface area contributed by atoms with Crippen LogP contribution in [0.3, 0.4) is 0 Å². The number of fused-ring (bicyclic) bond motifs is 1. The Morgan fingerprint density at radius 1 is 1.05 bits per heavy atom. The minimum Gasteiger partial charge on any atom is -0.494 e. The molecule has 1 atom stereocenters. The van der Waals surface area contributed by atoms with Gasteiger partial charge in [-0.15, -0.1) is 0 Å². The van der Waals surface area contributed by atoms with Crippen LogP contribution in [0.2, 0.25) is 5.02 Å². The van der Waals surface area contributed by atoms with Gasteiger partial charge in [0.25, 0.3) is 0 Å². The SMILES string of the molecule is CC(CN(CCCOc1ccc2c(c1)CC(=O)OC2)Cc1cccc(C(F)(F)F)c1Cl)c1ccccc1. The summed E-state index contributed by atoms with van der Waals surface area (Å²) in [6.07, 6.45) is -3.61. The summed E-state index contributed by atoms with van der Waals surface area (Å²) in [6.45, 7) is 4.36. The van der Waals surface area contributed by atoms with E-state index in [9.17, 15) is 18.0 Å². The zero-order valence-electron chi connectivity index (χ0n) is 20.6. The van der Waals surface area contributed by atoms with E-state index in [1.807, 2.05) is 36.4 Å². The fourth-order valence-corrected chi connectivity index (χ4v) is 4.80. The molecule has 0 aromatic heterocycles. The molecular formula is C29H29ClF3NO3. The number of hydrogen-bond donors (Lipinski definition) is 0. The number of benzene rings is 3. The molecule has 1 heterocycles. The second-order valence-electron chi connectivity index (χ2n) is 9.29. The minimum atomic E-state index is -4.51. The molecule has 0 N–H and O–H groups in total. The van der Waals surface area contributed by atoms with E-state index in [2.05, 4.69) is 24.0 Å². The molecule has 3 aromatic carbocycles. The zero-order valence-corrected chi connectivity index (χ0v) is 21.3. The van der Waals surface area contributed by atoms with Crippen molar-refractivity contribution in [2.75, 3.05) is 19.7 Å². The summed E-state index contributed by atoms with van der Waals surface area (Å²) in [6, 6.07) is 19.7. The Kier molecular flexibility index (Phi) is 8.77. The van der Waals surface area contributed by atoms with Crippen molar-refractivity contribution in [3.63, 3.8) is 0 Å². The first-order valence-electron chi connectivity index (χ1n) is 12.2. The van der Waals surface area contributed by atoms with Crippen LogP contribution in [-0.2, 0) is 35.3 Å². The number of hydrogen-bond acceptors (Lipinski definition) is 4. The molecule has 0 bridgehead atoms. The van der Waals surface area contributed by atoms with Gasteiger partial charge in [-0.2, -0.15) is 13.2 Å². The largest absolute Gasteiger partial charge is 0.494 e. The van der Waals surface area contributed by atoms with Gasteiger partial charge in [0.2, 0.25) is 0 Å². The first-order chi connectivity index (χ1) is 17.7. The third-order valence-electron chi connectivity index (χ3n) is 6.47. The van der Waals surface area contributed by atoms with Crippen LogP contribution in [0.1, 0.15) is 47.1 Å². The fourth-order valence-electron chi connectivity index (χ4n) is 4.51. The molecular weight excluding hydrogens is 503 g/mol. The van der Waals surface area contributed by atoms with E-state index < -0.39 is 11.7 Å². The summed E-state index contributed by atoms with van der Waals surface area (Å²) in [7, 11) is 0. The summed E-state index contributed by atoms with van der Waals surface area (Å²) in [5.41, 5.74) is 2.67. The molecule has 1 aliphatic heterocycles. The molecule has 0 aliphatic carbocycles. The van der Waals surface area contributed by atoms with Gasteiger partial charge in [-0.05, 0) is 52.8 Å². The Morgan fingerprint density at radius 2 is 1.84 bits per heavy atom. The van der Waals surface area contributed by atoms with Crippen LogP contribution in [0.5, 0.6) is 5.75 Å². The van der Waals surface area contributed by atoms with Crippen molar-refractivity contribution in [3.05, 3.63) is 99.6 Å². The lowest BCUT2D eigenvalue weighted by molar-refractivity contribution is -0.145. The van der Waals surface area contributed by atoms with Gasteiger partial charge in [-0.1, -0.05) is 67.1 Å². The zero-order chi connectivity index (χ0) is 26.4. The van der Waals surface area contributed by atoms with Crippen molar-refractivity contribution < 1.29 is 27.4 Å². The van der Waals surface area contributed by atoms with Gasteiger partial charge in [0.05, 0.1) is 23.6 Å². The van der Waals surface area contributed by atoms with Crippen LogP contribution in [0.25, 0.3) is 0 Å². The van der Waals surface area contributed by atoms with Gasteiger partial charge in [0.15, 0.2) is 0 Å². The van der Waals surface area contributed by atoms with Gasteiger partial charge in [-0.25, -0.2) is 0 Å². The van der Waals surface area contributed by atoms with Crippen molar-refractivity contribution >= 4 is 17.6 Å². The molecule has 196 valence electrons. The highest BCUT2D eigenvalue weighted by atomic mass is 35.5. The van der Waals surface area contributed by atoms with E-state index in [4.69, 9.17) is 21.1 Å². The molecule has 0 spiro atoms. The number of carbonyl (C=O) groups is 1. The van der Waals surface area contributed by atoms with E-state index in [1.165, 1.54) is 6.07 Å². The number of esters is 1. The molecule has 0 fully saturated rings. The lowest BCUT2D eigenvalue weighted by Gasteiger charge is -2.27. The van der Waals surface area contributed by atoms with Crippen LogP contribution >= 0.6 is 11.6 Å². The molecule has 0 amide bonds. The summed E-state index contributed by atoms with van der Waals surface area (Å²) < 4.78 is 51.2. The third-order valence-corrected chi connectivity index (χ3v) is 6.91. The number of halogens is 4. The van der Waals surface area contributed by atoms with E-state index in [-0.39, 0.29) is 29.9 Å². The van der Waals surface area contributed by atoms with Crippen molar-refractivity contribution in [1.82, 2.24) is 4.90 Å². The van der Waals surface area contributed by atoms with E-state index in [0.717, 1.165) is 22.8 Å². The van der Waals surface area contributed by atoms with Crippen molar-refractivity contribution in [2.45, 2.75) is 45.0 Å². The van der Waals surface area contributed by atoms with Gasteiger partial charge in [0.1, 0.15) is 12.4 Å². The summed E-state index contributed by atoms with van der Waals surface area (Å²) in [5.74, 6) is 0.603. The molecule has 0 radical (unpaired) electrons. The summed E-state index contributed by atoms with van der Waals surface area (Å²) >= 11 is 6.20. The van der Waals surface area contributed by atoms with Gasteiger partial charge in [-0.3, -0.25) is 9.69 Å². The maximum Gasteiger partial charge on any atom is 0.417 e. The van der Waals surface area contributed by atoms with Crippen LogP contribution in [0, 0.1) is 0 Å². The lowest BCUT2D eigenvalue weighted by Crippen LogP contribution is -2.30. The molecule has 0 saturated carbocycles. The lowest BCUT2D eigenvalue weighted by atomic mass is 10.00. The van der Waals surface area contributed by atoms with Gasteiger partial charge < -0.3 is 9.47 Å². The number of cyclic esters (lactones) is 1. The standard InChI is InChI=1S/C29H29ClF3NO3/c1-20(21-7-3-2-4-8-21)17-34(18-22-9-5-10-26(28(22)30)29(31,32)33)13-6-14-36-25-12-11-23-19-37-27(35)16-24(23)15-25/h2-5,7-12,15,20H,6,13-14,16-19H2,1H3. The molecule has 8 heteroatoms.